The van der Waals surface area contributed by atoms with Crippen LogP contribution in [0.2, 0.25) is 0 Å². The monoisotopic (exact) mass is 304 g/mol. The van der Waals surface area contributed by atoms with Crippen molar-refractivity contribution < 1.29 is 13.9 Å². The first-order chi connectivity index (χ1) is 10.3. The zero-order valence-corrected chi connectivity index (χ0v) is 12.0. The highest BCUT2D eigenvalue weighted by atomic mass is 19.2. The highest BCUT2D eigenvalue weighted by Gasteiger charge is 2.16. The van der Waals surface area contributed by atoms with Crippen molar-refractivity contribution in [3.05, 3.63) is 64.2 Å². The molecule has 0 bridgehead atoms. The average molecular weight is 304 g/mol. The molecular formula is C16H14F2N2O2. The summed E-state index contributed by atoms with van der Waals surface area (Å²) in [7, 11) is 0. The molecule has 1 aromatic carbocycles. The van der Waals surface area contributed by atoms with E-state index >= 15 is 0 Å². The summed E-state index contributed by atoms with van der Waals surface area (Å²) in [5, 5.41) is 9.92. The molecule has 0 aliphatic heterocycles. The molecule has 2 heterocycles. The van der Waals surface area contributed by atoms with E-state index in [2.05, 4.69) is 4.98 Å². The maximum Gasteiger partial charge on any atom is 0.272 e. The first-order valence-corrected chi connectivity index (χ1v) is 6.70. The Balaban J connectivity index is 2.14. The van der Waals surface area contributed by atoms with Gasteiger partial charge in [0.2, 0.25) is 5.95 Å². The molecule has 0 spiro atoms. The normalized spacial score (nSPS) is 12.0. The van der Waals surface area contributed by atoms with E-state index in [-0.39, 0.29) is 5.52 Å². The summed E-state index contributed by atoms with van der Waals surface area (Å²) in [6.45, 7) is 3.32. The van der Waals surface area contributed by atoms with Crippen LogP contribution in [0.1, 0.15) is 19.4 Å². The van der Waals surface area contributed by atoms with E-state index in [1.165, 1.54) is 6.20 Å². The molecule has 0 radical (unpaired) electrons. The first kappa shape index (κ1) is 14.5. The van der Waals surface area contributed by atoms with Crippen molar-refractivity contribution in [2.24, 2.45) is 0 Å². The van der Waals surface area contributed by atoms with Crippen LogP contribution in [-0.4, -0.2) is 14.5 Å². The molecule has 2 N–H and O–H groups in total. The van der Waals surface area contributed by atoms with Crippen molar-refractivity contribution in [3.63, 3.8) is 0 Å². The van der Waals surface area contributed by atoms with E-state index < -0.39 is 22.9 Å². The van der Waals surface area contributed by atoms with Crippen molar-refractivity contribution >= 4 is 5.52 Å². The first-order valence-electron chi connectivity index (χ1n) is 6.70. The minimum Gasteiger partial charge on any atom is -0.386 e. The minimum absolute atomic E-state index is 0.0909. The zero-order valence-electron chi connectivity index (χ0n) is 12.0. The van der Waals surface area contributed by atoms with E-state index in [0.717, 1.165) is 10.5 Å². The van der Waals surface area contributed by atoms with Crippen molar-refractivity contribution in [1.82, 2.24) is 9.38 Å². The van der Waals surface area contributed by atoms with Crippen LogP contribution < -0.4 is 5.56 Å². The second-order valence-electron chi connectivity index (χ2n) is 5.67. The molecule has 0 atom stereocenters. The Bertz CT molecular complexity index is 903. The molecule has 4 nitrogen and oxygen atoms in total. The highest BCUT2D eigenvalue weighted by Crippen LogP contribution is 2.24. The average Bonchev–Trinajstić information content (AvgIpc) is 2.75. The van der Waals surface area contributed by atoms with Gasteiger partial charge in [0.25, 0.3) is 5.56 Å². The lowest BCUT2D eigenvalue weighted by atomic mass is 9.97. The Morgan fingerprint density at radius 2 is 1.82 bits per heavy atom. The second-order valence-corrected chi connectivity index (χ2v) is 5.67. The fraction of sp³-hybridized carbons (Fsp3) is 0.188. The molecule has 3 rings (SSSR count). The van der Waals surface area contributed by atoms with Gasteiger partial charge in [-0.3, -0.25) is 9.20 Å². The number of aromatic amines is 1. The van der Waals surface area contributed by atoms with Gasteiger partial charge in [0.1, 0.15) is 5.52 Å². The molecule has 2 aromatic heterocycles. The Morgan fingerprint density at radius 1 is 1.18 bits per heavy atom. The summed E-state index contributed by atoms with van der Waals surface area (Å²) in [5.74, 6) is -2.17. The molecule has 114 valence electrons. The molecule has 0 fully saturated rings. The van der Waals surface area contributed by atoms with Gasteiger partial charge in [0.15, 0.2) is 5.82 Å². The Morgan fingerprint density at radius 3 is 2.41 bits per heavy atom. The number of halogens is 2. The number of H-pyrrole nitrogens is 1. The van der Waals surface area contributed by atoms with Gasteiger partial charge >= 0.3 is 0 Å². The molecule has 0 aliphatic carbocycles. The lowest BCUT2D eigenvalue weighted by Crippen LogP contribution is -2.15. The van der Waals surface area contributed by atoms with Crippen LogP contribution in [-0.2, 0) is 5.60 Å². The number of nitrogens with one attached hydrogen (secondary N) is 1. The van der Waals surface area contributed by atoms with Crippen molar-refractivity contribution in [1.29, 1.82) is 0 Å². The van der Waals surface area contributed by atoms with Gasteiger partial charge < -0.3 is 10.1 Å². The van der Waals surface area contributed by atoms with E-state index in [1.54, 1.807) is 38.1 Å². The van der Waals surface area contributed by atoms with Gasteiger partial charge in [0, 0.05) is 12.3 Å². The van der Waals surface area contributed by atoms with Crippen molar-refractivity contribution in [2.45, 2.75) is 19.4 Å². The smallest absolute Gasteiger partial charge is 0.272 e. The fourth-order valence-corrected chi connectivity index (χ4v) is 2.32. The summed E-state index contributed by atoms with van der Waals surface area (Å²) in [5.41, 5.74) is 0.0392. The maximum absolute atomic E-state index is 13.7. The number of aliphatic hydroxyl groups is 1. The van der Waals surface area contributed by atoms with Gasteiger partial charge in [-0.05, 0) is 25.0 Å². The highest BCUT2D eigenvalue weighted by molar-refractivity contribution is 5.61. The summed E-state index contributed by atoms with van der Waals surface area (Å²) in [4.78, 5) is 14.5. The number of hydrogen-bond donors (Lipinski definition) is 2. The number of aromatic nitrogens is 2. The minimum atomic E-state index is -1.10. The standard InChI is InChI=1S/C16H14F2N2O2/c1-16(2,22)10-5-3-9(4-6-10)12-8-20-13(15(21)19-12)7-11(17)14(20)18/h3-8,22H,1-2H3,(H,19,21). The van der Waals surface area contributed by atoms with Gasteiger partial charge in [-0.25, -0.2) is 4.39 Å². The maximum atomic E-state index is 13.7. The lowest BCUT2D eigenvalue weighted by Gasteiger charge is -2.17. The summed E-state index contributed by atoms with van der Waals surface area (Å²) in [6.07, 6.45) is 1.33. The quantitative estimate of drug-likeness (QED) is 0.765. The molecule has 22 heavy (non-hydrogen) atoms. The van der Waals surface area contributed by atoms with E-state index in [9.17, 15) is 18.7 Å². The van der Waals surface area contributed by atoms with E-state index in [1.807, 2.05) is 0 Å². The number of hydrogen-bond acceptors (Lipinski definition) is 2. The summed E-state index contributed by atoms with van der Waals surface area (Å²) < 4.78 is 27.8. The molecular weight excluding hydrogens is 290 g/mol. The SMILES string of the molecule is CC(C)(O)c1ccc(-c2cn3c(F)c(F)cc3c(=O)[nH]2)cc1. The Hall–Kier alpha value is -2.47. The number of benzene rings is 1. The third-order valence-electron chi connectivity index (χ3n) is 3.57. The van der Waals surface area contributed by atoms with Crippen LogP contribution >= 0.6 is 0 Å². The molecule has 3 aromatic rings. The molecule has 6 heteroatoms. The van der Waals surface area contributed by atoms with Crippen LogP contribution in [0.15, 0.2) is 41.3 Å². The molecule has 0 saturated heterocycles. The predicted molar refractivity (Wildman–Crippen MR) is 78.6 cm³/mol. The third kappa shape index (κ3) is 2.31. The topological polar surface area (TPSA) is 57.5 Å². The van der Waals surface area contributed by atoms with Crippen LogP contribution in [0.4, 0.5) is 8.78 Å². The van der Waals surface area contributed by atoms with Crippen LogP contribution in [0, 0.1) is 11.8 Å². The van der Waals surface area contributed by atoms with Crippen LogP contribution in [0.5, 0.6) is 0 Å². The summed E-state index contributed by atoms with van der Waals surface area (Å²) >= 11 is 0. The van der Waals surface area contributed by atoms with Crippen LogP contribution in [0.25, 0.3) is 16.8 Å². The molecule has 0 saturated carbocycles. The van der Waals surface area contributed by atoms with Gasteiger partial charge in [-0.1, -0.05) is 24.3 Å². The fourth-order valence-electron chi connectivity index (χ4n) is 2.32. The van der Waals surface area contributed by atoms with E-state index in [4.69, 9.17) is 0 Å². The van der Waals surface area contributed by atoms with Crippen molar-refractivity contribution in [3.8, 4) is 11.3 Å². The largest absolute Gasteiger partial charge is 0.386 e. The number of nitrogens with zero attached hydrogens (tertiary/aromatic N) is 1. The summed E-state index contributed by atoms with van der Waals surface area (Å²) in [6, 6.07) is 7.68. The molecule has 0 aliphatic rings. The van der Waals surface area contributed by atoms with Crippen molar-refractivity contribution in [2.75, 3.05) is 0 Å². The Labute approximate surface area is 124 Å². The predicted octanol–water partition coefficient (Wildman–Crippen LogP) is 2.80. The second kappa shape index (κ2) is 4.78. The van der Waals surface area contributed by atoms with Gasteiger partial charge in [-0.2, -0.15) is 4.39 Å². The van der Waals surface area contributed by atoms with Crippen LogP contribution in [0.3, 0.4) is 0 Å². The van der Waals surface area contributed by atoms with E-state index in [0.29, 0.717) is 16.8 Å². The van der Waals surface area contributed by atoms with Gasteiger partial charge in [0.05, 0.1) is 11.3 Å². The molecule has 0 amide bonds. The zero-order chi connectivity index (χ0) is 16.1. The third-order valence-corrected chi connectivity index (χ3v) is 3.57. The lowest BCUT2D eigenvalue weighted by molar-refractivity contribution is 0.0786. The number of rotatable bonds is 2. The number of fused-ring (bicyclic) bond motifs is 1. The van der Waals surface area contributed by atoms with Gasteiger partial charge in [-0.15, -0.1) is 0 Å². The Kier molecular flexibility index (Phi) is 3.14. The molecule has 0 unspecified atom stereocenters.